The lowest BCUT2D eigenvalue weighted by atomic mass is 9.73. The molecule has 1 fully saturated rings. The van der Waals surface area contributed by atoms with E-state index >= 15 is 0 Å². The van der Waals surface area contributed by atoms with Crippen LogP contribution in [-0.2, 0) is 28.8 Å². The molecule has 5 rings (SSSR count). The summed E-state index contributed by atoms with van der Waals surface area (Å²) in [4.78, 5) is 27.3. The lowest BCUT2D eigenvalue weighted by Gasteiger charge is -2.50. The highest BCUT2D eigenvalue weighted by molar-refractivity contribution is 6.04. The molecule has 0 spiro atoms. The number of hydrogen-bond donors (Lipinski definition) is 2. The van der Waals surface area contributed by atoms with E-state index < -0.39 is 23.5 Å². The summed E-state index contributed by atoms with van der Waals surface area (Å²) in [5, 5.41) is 10.4. The minimum Gasteiger partial charge on any atom is -0.376 e. The molecule has 3 aromatic rings. The van der Waals surface area contributed by atoms with Crippen molar-refractivity contribution in [1.82, 2.24) is 24.7 Å². The first-order valence-corrected chi connectivity index (χ1v) is 11.8. The molecule has 1 aliphatic carbocycles. The van der Waals surface area contributed by atoms with E-state index in [2.05, 4.69) is 30.7 Å². The number of rotatable bonds is 7. The quantitative estimate of drug-likeness (QED) is 0.492. The SMILES string of the molecule is COC1(C2C(=O)Nc3c(C)nc(NCc4cnn(Cc5ccnc(C(F)(F)F)c5)c4)nc3N2C)CCC1. The van der Waals surface area contributed by atoms with Gasteiger partial charge in [-0.15, -0.1) is 0 Å². The normalized spacial score (nSPS) is 18.7. The van der Waals surface area contributed by atoms with E-state index in [-0.39, 0.29) is 12.5 Å². The van der Waals surface area contributed by atoms with Gasteiger partial charge in [0.15, 0.2) is 5.82 Å². The lowest BCUT2D eigenvalue weighted by molar-refractivity contribution is -0.141. The van der Waals surface area contributed by atoms with Crippen molar-refractivity contribution in [2.75, 3.05) is 29.7 Å². The van der Waals surface area contributed by atoms with E-state index in [1.807, 2.05) is 11.9 Å². The number of ether oxygens (including phenoxy) is 1. The largest absolute Gasteiger partial charge is 0.433 e. The summed E-state index contributed by atoms with van der Waals surface area (Å²) in [6.07, 6.45) is 2.63. The molecule has 196 valence electrons. The molecule has 1 atom stereocenters. The second kappa shape index (κ2) is 9.29. The number of carbonyl (C=O) groups excluding carboxylic acids is 1. The van der Waals surface area contributed by atoms with Gasteiger partial charge in [-0.1, -0.05) is 0 Å². The minimum absolute atomic E-state index is 0.132. The van der Waals surface area contributed by atoms with Gasteiger partial charge in [0.1, 0.15) is 17.4 Å². The number of aryl methyl sites for hydroxylation is 1. The average molecular weight is 517 g/mol. The minimum atomic E-state index is -4.50. The maximum absolute atomic E-state index is 12.9. The maximum Gasteiger partial charge on any atom is 0.433 e. The zero-order valence-electron chi connectivity index (χ0n) is 20.6. The molecule has 37 heavy (non-hydrogen) atoms. The molecule has 2 N–H and O–H groups in total. The number of nitrogens with zero attached hydrogens (tertiary/aromatic N) is 6. The number of nitrogens with one attached hydrogen (secondary N) is 2. The van der Waals surface area contributed by atoms with Crippen LogP contribution in [-0.4, -0.2) is 56.4 Å². The number of hydrogen-bond acceptors (Lipinski definition) is 8. The number of alkyl halides is 3. The summed E-state index contributed by atoms with van der Waals surface area (Å²) < 4.78 is 46.1. The molecule has 13 heteroatoms. The molecule has 1 saturated carbocycles. The number of aromatic nitrogens is 5. The summed E-state index contributed by atoms with van der Waals surface area (Å²) in [7, 11) is 3.48. The van der Waals surface area contributed by atoms with Crippen molar-refractivity contribution in [3.63, 3.8) is 0 Å². The van der Waals surface area contributed by atoms with Crippen molar-refractivity contribution < 1.29 is 22.7 Å². The van der Waals surface area contributed by atoms with Crippen molar-refractivity contribution in [3.05, 3.63) is 53.2 Å². The van der Waals surface area contributed by atoms with Gasteiger partial charge in [-0.3, -0.25) is 14.5 Å². The van der Waals surface area contributed by atoms with E-state index in [9.17, 15) is 18.0 Å². The Bertz CT molecular complexity index is 1320. The number of anilines is 3. The van der Waals surface area contributed by atoms with Gasteiger partial charge in [0.2, 0.25) is 11.9 Å². The van der Waals surface area contributed by atoms with E-state index in [1.165, 1.54) is 6.07 Å². The van der Waals surface area contributed by atoms with Crippen LogP contribution in [0.2, 0.25) is 0 Å². The number of fused-ring (bicyclic) bond motifs is 1. The van der Waals surface area contributed by atoms with Gasteiger partial charge >= 0.3 is 6.18 Å². The van der Waals surface area contributed by atoms with E-state index in [1.54, 1.807) is 31.1 Å². The van der Waals surface area contributed by atoms with Crippen LogP contribution in [0, 0.1) is 6.92 Å². The Labute approximate surface area is 211 Å². The molecule has 3 aromatic heterocycles. The van der Waals surface area contributed by atoms with Gasteiger partial charge < -0.3 is 20.3 Å². The fourth-order valence-corrected chi connectivity index (χ4v) is 4.91. The van der Waals surface area contributed by atoms with Gasteiger partial charge in [0, 0.05) is 38.7 Å². The van der Waals surface area contributed by atoms with Crippen molar-refractivity contribution >= 4 is 23.4 Å². The Morgan fingerprint density at radius 1 is 1.27 bits per heavy atom. The third-order valence-electron chi connectivity index (χ3n) is 6.99. The second-order valence-electron chi connectivity index (χ2n) is 9.40. The molecule has 1 unspecified atom stereocenters. The number of halogens is 3. The van der Waals surface area contributed by atoms with Gasteiger partial charge in [-0.2, -0.15) is 23.3 Å². The molecule has 2 aliphatic rings. The summed E-state index contributed by atoms with van der Waals surface area (Å²) in [5.74, 6) is 0.861. The maximum atomic E-state index is 12.9. The third-order valence-corrected chi connectivity index (χ3v) is 6.99. The van der Waals surface area contributed by atoms with Gasteiger partial charge in [0.05, 0.1) is 24.0 Å². The average Bonchev–Trinajstić information content (AvgIpc) is 3.27. The smallest absolute Gasteiger partial charge is 0.376 e. The summed E-state index contributed by atoms with van der Waals surface area (Å²) in [6, 6.07) is 2.05. The van der Waals surface area contributed by atoms with Crippen LogP contribution in [0.4, 0.5) is 30.6 Å². The number of amides is 1. The zero-order valence-corrected chi connectivity index (χ0v) is 20.6. The van der Waals surface area contributed by atoms with Crippen molar-refractivity contribution in [2.45, 2.75) is 57.1 Å². The van der Waals surface area contributed by atoms with E-state index in [0.717, 1.165) is 37.1 Å². The molecule has 10 nitrogen and oxygen atoms in total. The zero-order chi connectivity index (χ0) is 26.4. The van der Waals surface area contributed by atoms with E-state index in [0.29, 0.717) is 35.3 Å². The molecule has 0 bridgehead atoms. The van der Waals surface area contributed by atoms with Crippen LogP contribution < -0.4 is 15.5 Å². The summed E-state index contributed by atoms with van der Waals surface area (Å²) in [5.41, 5.74) is 0.974. The fourth-order valence-electron chi connectivity index (χ4n) is 4.91. The molecule has 0 saturated heterocycles. The molecule has 1 aliphatic heterocycles. The van der Waals surface area contributed by atoms with Crippen molar-refractivity contribution in [1.29, 1.82) is 0 Å². The van der Waals surface area contributed by atoms with Crippen LogP contribution in [0.1, 0.15) is 41.8 Å². The third kappa shape index (κ3) is 4.70. The molecule has 1 amide bonds. The Kier molecular flexibility index (Phi) is 6.26. The van der Waals surface area contributed by atoms with Crippen LogP contribution in [0.5, 0.6) is 0 Å². The number of methoxy groups -OCH3 is 1. The van der Waals surface area contributed by atoms with Crippen LogP contribution >= 0.6 is 0 Å². The highest BCUT2D eigenvalue weighted by Crippen LogP contribution is 2.44. The first kappa shape index (κ1) is 24.9. The summed E-state index contributed by atoms with van der Waals surface area (Å²) in [6.45, 7) is 2.33. The Morgan fingerprint density at radius 3 is 2.73 bits per heavy atom. The number of likely N-dealkylation sites (N-methyl/N-ethyl adjacent to an activating group) is 1. The van der Waals surface area contributed by atoms with Crippen molar-refractivity contribution in [2.24, 2.45) is 0 Å². The second-order valence-corrected chi connectivity index (χ2v) is 9.40. The standard InChI is InChI=1S/C24H27F3N8O2/c1-14-18-20(34(2)19(21(36)32-18)23(37-3)6-4-7-23)33-22(31-14)29-10-16-11-30-35(13-16)12-15-5-8-28-17(9-15)24(25,26)27/h5,8-9,11,13,19H,4,6-7,10,12H2,1-3H3,(H,32,36)(H,29,31,33). The number of pyridine rings is 1. The van der Waals surface area contributed by atoms with Gasteiger partial charge in [0.25, 0.3) is 0 Å². The molecule has 0 radical (unpaired) electrons. The van der Waals surface area contributed by atoms with Crippen molar-refractivity contribution in [3.8, 4) is 0 Å². The Balaban J connectivity index is 1.29. The highest BCUT2D eigenvalue weighted by atomic mass is 19.4. The molecular weight excluding hydrogens is 489 g/mol. The Hall–Kier alpha value is -3.74. The monoisotopic (exact) mass is 516 g/mol. The van der Waals surface area contributed by atoms with Crippen LogP contribution in [0.3, 0.4) is 0 Å². The van der Waals surface area contributed by atoms with Crippen LogP contribution in [0.15, 0.2) is 30.7 Å². The Morgan fingerprint density at radius 2 is 2.05 bits per heavy atom. The van der Waals surface area contributed by atoms with E-state index in [4.69, 9.17) is 4.74 Å². The highest BCUT2D eigenvalue weighted by Gasteiger charge is 2.52. The summed E-state index contributed by atoms with van der Waals surface area (Å²) >= 11 is 0. The molecule has 0 aromatic carbocycles. The fraction of sp³-hybridized carbons (Fsp3) is 0.458. The van der Waals surface area contributed by atoms with Crippen LogP contribution in [0.25, 0.3) is 0 Å². The first-order valence-electron chi connectivity index (χ1n) is 11.8. The van der Waals surface area contributed by atoms with Gasteiger partial charge in [-0.05, 0) is 43.9 Å². The lowest BCUT2D eigenvalue weighted by Crippen LogP contribution is -2.64. The predicted octanol–water partition coefficient (Wildman–Crippen LogP) is 3.38. The topological polar surface area (TPSA) is 110 Å². The molecule has 4 heterocycles. The molecular formula is C24H27F3N8O2. The number of carbonyl (C=O) groups is 1. The first-order chi connectivity index (χ1) is 17.6. The predicted molar refractivity (Wildman–Crippen MR) is 129 cm³/mol. The van der Waals surface area contributed by atoms with Gasteiger partial charge in [-0.25, -0.2) is 4.98 Å².